The van der Waals surface area contributed by atoms with Crippen LogP contribution in [0.2, 0.25) is 0 Å². The van der Waals surface area contributed by atoms with Crippen molar-refractivity contribution in [2.75, 3.05) is 13.1 Å². The SMILES string of the molecule is CCCCCN1N=C(C(=O)NC[C@@H]2CCC3C(C)(C)C34CC24)CC1c1ccccc1F. The van der Waals surface area contributed by atoms with Gasteiger partial charge in [0, 0.05) is 25.1 Å². The lowest BCUT2D eigenvalue weighted by molar-refractivity contribution is -0.115. The number of hydrazone groups is 1. The number of nitrogens with zero attached hydrogens (tertiary/aromatic N) is 2. The van der Waals surface area contributed by atoms with Crippen LogP contribution in [0.5, 0.6) is 0 Å². The third kappa shape index (κ3) is 3.30. The van der Waals surface area contributed by atoms with Crippen molar-refractivity contribution >= 4 is 11.6 Å². The number of nitrogens with one attached hydrogen (secondary N) is 1. The lowest BCUT2D eigenvalue weighted by atomic mass is 9.89. The molecule has 4 nitrogen and oxygen atoms in total. The molecule has 1 amide bonds. The van der Waals surface area contributed by atoms with Gasteiger partial charge in [0.2, 0.25) is 0 Å². The molecule has 0 radical (unpaired) electrons. The zero-order valence-electron chi connectivity index (χ0n) is 19.2. The topological polar surface area (TPSA) is 44.7 Å². The van der Waals surface area contributed by atoms with Gasteiger partial charge in [0.15, 0.2) is 0 Å². The molecule has 1 aliphatic heterocycles. The Morgan fingerprint density at radius 2 is 2.06 bits per heavy atom. The van der Waals surface area contributed by atoms with Gasteiger partial charge in [-0.25, -0.2) is 4.39 Å². The van der Waals surface area contributed by atoms with Gasteiger partial charge in [0.05, 0.1) is 6.04 Å². The van der Waals surface area contributed by atoms with Crippen LogP contribution in [0.15, 0.2) is 29.4 Å². The highest BCUT2D eigenvalue weighted by Gasteiger charge is 2.84. The minimum atomic E-state index is -0.215. The minimum absolute atomic E-state index is 0.0637. The summed E-state index contributed by atoms with van der Waals surface area (Å²) in [5, 5.41) is 9.81. The summed E-state index contributed by atoms with van der Waals surface area (Å²) < 4.78 is 14.5. The Morgan fingerprint density at radius 1 is 1.26 bits per heavy atom. The van der Waals surface area contributed by atoms with E-state index in [0.717, 1.165) is 44.2 Å². The maximum Gasteiger partial charge on any atom is 0.267 e. The molecule has 3 fully saturated rings. The Bertz CT molecular complexity index is 896. The van der Waals surface area contributed by atoms with Gasteiger partial charge in [0.25, 0.3) is 5.91 Å². The first-order valence-corrected chi connectivity index (χ1v) is 12.3. The molecule has 3 saturated carbocycles. The molecule has 3 aliphatic carbocycles. The first kappa shape index (κ1) is 21.0. The maximum atomic E-state index is 14.5. The van der Waals surface area contributed by atoms with Crippen molar-refractivity contribution in [1.82, 2.24) is 10.3 Å². The summed E-state index contributed by atoms with van der Waals surface area (Å²) in [4.78, 5) is 13.0. The third-order valence-electron chi connectivity index (χ3n) is 9.10. The van der Waals surface area contributed by atoms with Crippen LogP contribution in [0, 0.1) is 34.4 Å². The lowest BCUT2D eigenvalue weighted by Crippen LogP contribution is -2.35. The van der Waals surface area contributed by atoms with Gasteiger partial charge in [-0.05, 0) is 60.3 Å². The zero-order chi connectivity index (χ0) is 21.8. The molecule has 0 saturated heterocycles. The van der Waals surface area contributed by atoms with E-state index >= 15 is 0 Å². The molecule has 0 bridgehead atoms. The number of halogens is 1. The Kier molecular flexibility index (Phi) is 5.14. The monoisotopic (exact) mass is 425 g/mol. The average Bonchev–Trinajstić information content (AvgIpc) is 3.54. The largest absolute Gasteiger partial charge is 0.351 e. The number of hydrogen-bond acceptors (Lipinski definition) is 3. The van der Waals surface area contributed by atoms with E-state index in [1.807, 2.05) is 17.1 Å². The van der Waals surface area contributed by atoms with E-state index in [9.17, 15) is 9.18 Å². The van der Waals surface area contributed by atoms with Crippen LogP contribution in [0.4, 0.5) is 4.39 Å². The van der Waals surface area contributed by atoms with Gasteiger partial charge < -0.3 is 5.32 Å². The quantitative estimate of drug-likeness (QED) is 0.574. The molecule has 1 aromatic carbocycles. The standard InChI is InChI=1S/C26H36FN3O/c1-4-5-8-13-30-22(18-9-6-7-10-20(18)27)14-21(29-30)24(31)28-16-17-11-12-23-25(2,3)26(23)15-19(17)26/h6-7,9-10,17,19,22-23H,4-5,8,11-16H2,1-3H3,(H,28,31)/t17-,19?,22?,23?,26?/m0/s1. The van der Waals surface area contributed by atoms with E-state index in [1.165, 1.54) is 25.3 Å². The van der Waals surface area contributed by atoms with Crippen LogP contribution in [0.3, 0.4) is 0 Å². The van der Waals surface area contributed by atoms with Crippen molar-refractivity contribution in [3.05, 3.63) is 35.6 Å². The second kappa shape index (κ2) is 7.60. The van der Waals surface area contributed by atoms with Crippen molar-refractivity contribution in [2.24, 2.45) is 33.7 Å². The summed E-state index contributed by atoms with van der Waals surface area (Å²) in [7, 11) is 0. The molecule has 1 N–H and O–H groups in total. The van der Waals surface area contributed by atoms with Gasteiger partial charge >= 0.3 is 0 Å². The fourth-order valence-electron chi connectivity index (χ4n) is 7.24. The number of unbranched alkanes of at least 4 members (excludes halogenated alkanes) is 2. The van der Waals surface area contributed by atoms with Crippen LogP contribution in [-0.2, 0) is 4.79 Å². The highest BCUT2D eigenvalue weighted by Crippen LogP contribution is 2.89. The molecule has 5 heteroatoms. The molecular formula is C26H36FN3O. The molecule has 1 spiro atoms. The van der Waals surface area contributed by atoms with E-state index in [0.29, 0.717) is 34.4 Å². The highest BCUT2D eigenvalue weighted by atomic mass is 19.1. The molecule has 4 aliphatic rings. The first-order valence-electron chi connectivity index (χ1n) is 12.3. The molecular weight excluding hydrogens is 389 g/mol. The zero-order valence-corrected chi connectivity index (χ0v) is 19.2. The number of carbonyl (C=O) groups excluding carboxylic acids is 1. The fourth-order valence-corrected chi connectivity index (χ4v) is 7.24. The Labute approximate surface area is 185 Å². The summed E-state index contributed by atoms with van der Waals surface area (Å²) in [5.41, 5.74) is 2.30. The van der Waals surface area contributed by atoms with Gasteiger partial charge in [-0.15, -0.1) is 0 Å². The summed E-state index contributed by atoms with van der Waals surface area (Å²) >= 11 is 0. The maximum absolute atomic E-state index is 14.5. The van der Waals surface area contributed by atoms with Crippen LogP contribution in [-0.4, -0.2) is 29.7 Å². The van der Waals surface area contributed by atoms with E-state index in [-0.39, 0.29) is 17.8 Å². The number of rotatable bonds is 8. The number of hydrogen-bond donors (Lipinski definition) is 1. The molecule has 1 heterocycles. The average molecular weight is 426 g/mol. The first-order chi connectivity index (χ1) is 14.9. The van der Waals surface area contributed by atoms with Crippen molar-refractivity contribution in [1.29, 1.82) is 0 Å². The summed E-state index contributed by atoms with van der Waals surface area (Å²) in [6.07, 6.45) is 7.61. The summed E-state index contributed by atoms with van der Waals surface area (Å²) in [6, 6.07) is 6.71. The molecule has 5 atom stereocenters. The predicted octanol–water partition coefficient (Wildman–Crippen LogP) is 5.31. The third-order valence-corrected chi connectivity index (χ3v) is 9.10. The van der Waals surface area contributed by atoms with Crippen molar-refractivity contribution in [2.45, 2.75) is 71.8 Å². The number of benzene rings is 1. The van der Waals surface area contributed by atoms with Crippen LogP contribution in [0.25, 0.3) is 0 Å². The van der Waals surface area contributed by atoms with Crippen LogP contribution in [0.1, 0.15) is 77.3 Å². The van der Waals surface area contributed by atoms with Crippen molar-refractivity contribution in [3.63, 3.8) is 0 Å². The van der Waals surface area contributed by atoms with E-state index in [4.69, 9.17) is 0 Å². The van der Waals surface area contributed by atoms with E-state index in [2.05, 4.69) is 31.2 Å². The highest BCUT2D eigenvalue weighted by molar-refractivity contribution is 6.39. The molecule has 1 aromatic rings. The Morgan fingerprint density at radius 3 is 2.84 bits per heavy atom. The Balaban J connectivity index is 1.22. The minimum Gasteiger partial charge on any atom is -0.351 e. The molecule has 4 unspecified atom stereocenters. The summed E-state index contributed by atoms with van der Waals surface area (Å²) in [5.74, 6) is 2.03. The summed E-state index contributed by atoms with van der Waals surface area (Å²) in [6.45, 7) is 8.55. The van der Waals surface area contributed by atoms with Crippen LogP contribution >= 0.6 is 0 Å². The smallest absolute Gasteiger partial charge is 0.267 e. The second-order valence-electron chi connectivity index (χ2n) is 10.8. The van der Waals surface area contributed by atoms with E-state index in [1.54, 1.807) is 6.07 Å². The van der Waals surface area contributed by atoms with Gasteiger partial charge in [-0.3, -0.25) is 9.80 Å². The molecule has 31 heavy (non-hydrogen) atoms. The second-order valence-corrected chi connectivity index (χ2v) is 10.8. The number of amides is 1. The molecule has 0 aromatic heterocycles. The van der Waals surface area contributed by atoms with Gasteiger partial charge in [0.1, 0.15) is 11.5 Å². The molecule has 168 valence electrons. The lowest BCUT2D eigenvalue weighted by Gasteiger charge is -2.24. The number of carbonyl (C=O) groups is 1. The molecule has 5 rings (SSSR count). The predicted molar refractivity (Wildman–Crippen MR) is 121 cm³/mol. The van der Waals surface area contributed by atoms with Crippen molar-refractivity contribution in [3.8, 4) is 0 Å². The van der Waals surface area contributed by atoms with Crippen LogP contribution < -0.4 is 5.32 Å². The fraction of sp³-hybridized carbons (Fsp3) is 0.692. The van der Waals surface area contributed by atoms with Gasteiger partial charge in [-0.1, -0.05) is 51.8 Å². The van der Waals surface area contributed by atoms with E-state index < -0.39 is 0 Å². The van der Waals surface area contributed by atoms with Crippen molar-refractivity contribution < 1.29 is 9.18 Å². The Hall–Kier alpha value is -1.91. The normalized spacial score (nSPS) is 34.6. The van der Waals surface area contributed by atoms with Gasteiger partial charge in [-0.2, -0.15) is 5.10 Å².